The molecule has 0 saturated heterocycles. The van der Waals surface area contributed by atoms with Crippen molar-refractivity contribution in [2.45, 2.75) is 0 Å². The average molecular weight is 149 g/mol. The topological polar surface area (TPSA) is 51.8 Å². The van der Waals surface area contributed by atoms with E-state index in [1.165, 1.54) is 0 Å². The van der Waals surface area contributed by atoms with E-state index in [4.69, 9.17) is 5.73 Å². The zero-order chi connectivity index (χ0) is 6.85. The molecule has 0 aliphatic heterocycles. The Hall–Kier alpha value is -0.900. The molecule has 0 atom stereocenters. The summed E-state index contributed by atoms with van der Waals surface area (Å²) in [4.78, 5) is 6.77. The number of nitrogens with two attached hydrogens (primary N) is 1. The molecule has 1 aromatic rings. The Kier molecular flexibility index (Phi) is 1.48. The Morgan fingerprint density at radius 1 is 1.67 bits per heavy atom. The predicted octanol–water partition coefficient (Wildman–Crippen LogP) is -0.106. The first-order chi connectivity index (χ1) is 4.20. The van der Waals surface area contributed by atoms with E-state index in [1.54, 1.807) is 0 Å². The van der Waals surface area contributed by atoms with Gasteiger partial charge in [-0.15, -0.1) is 0 Å². The quantitative estimate of drug-likeness (QED) is 0.523. The summed E-state index contributed by atoms with van der Waals surface area (Å²) in [7, 11) is 0. The van der Waals surface area contributed by atoms with Crippen molar-refractivity contribution in [3.05, 3.63) is 17.3 Å². The van der Waals surface area contributed by atoms with Crippen LogP contribution in [-0.4, -0.2) is 9.97 Å². The number of nitrogen functional groups attached to an aromatic ring is 1. The summed E-state index contributed by atoms with van der Waals surface area (Å²) in [6, 6.07) is 0. The highest BCUT2D eigenvalue weighted by Crippen LogP contribution is 2.03. The number of anilines is 1. The molecule has 1 aromatic heterocycles. The number of hydrogen-bond acceptors (Lipinski definition) is 3. The summed E-state index contributed by atoms with van der Waals surface area (Å²) in [6.07, 6.45) is 0.949. The lowest BCUT2D eigenvalue weighted by Gasteiger charge is -1.87. The minimum absolute atomic E-state index is 0.0638. The largest absolute Gasteiger partial charge is 0.419 e. The summed E-state index contributed by atoms with van der Waals surface area (Å²) >= 11 is 4.49. The molecule has 3 nitrogen and oxygen atoms in total. The number of hydrogen-bond donors (Lipinski definition) is 1. The summed E-state index contributed by atoms with van der Waals surface area (Å²) in [6.45, 7) is 0. The maximum atomic E-state index is 12.2. The van der Waals surface area contributed by atoms with Crippen LogP contribution in [0.3, 0.4) is 0 Å². The van der Waals surface area contributed by atoms with Crippen LogP contribution in [0.4, 0.5) is 10.2 Å². The van der Waals surface area contributed by atoms with Crippen molar-refractivity contribution < 1.29 is 16.0 Å². The van der Waals surface area contributed by atoms with E-state index >= 15 is 0 Å². The normalized spacial score (nSPS) is 9.56. The van der Waals surface area contributed by atoms with Gasteiger partial charge in [0.2, 0.25) is 0 Å². The summed E-state index contributed by atoms with van der Waals surface area (Å²) in [5, 5.41) is 0.0638. The maximum absolute atomic E-state index is 12.2. The highest BCUT2D eigenvalue weighted by atomic mass is 35.5. The molecular formula is C4H4ClFN3+. The monoisotopic (exact) mass is 148 g/mol. The van der Waals surface area contributed by atoms with Crippen LogP contribution in [0, 0.1) is 17.4 Å². The number of nitrogens with zero attached hydrogens (tertiary/aromatic N) is 2. The fraction of sp³-hybridized carbons (Fsp3) is 0. The fourth-order valence-corrected chi connectivity index (χ4v) is 0.514. The smallest absolute Gasteiger partial charge is 0.381 e. The third kappa shape index (κ3) is 1.26. The van der Waals surface area contributed by atoms with Crippen molar-refractivity contribution in [2.24, 2.45) is 0 Å². The molecule has 0 amide bonds. The molecule has 1 rings (SSSR count). The van der Waals surface area contributed by atoms with Crippen molar-refractivity contribution >= 4 is 5.82 Å². The van der Waals surface area contributed by atoms with E-state index < -0.39 is 5.82 Å². The zero-order valence-electron chi connectivity index (χ0n) is 4.34. The van der Waals surface area contributed by atoms with Gasteiger partial charge in [0.15, 0.2) is 23.2 Å². The van der Waals surface area contributed by atoms with E-state index in [1.807, 2.05) is 0 Å². The summed E-state index contributed by atoms with van der Waals surface area (Å²) < 4.78 is 12.2. The highest BCUT2D eigenvalue weighted by Gasteiger charge is 2.04. The van der Waals surface area contributed by atoms with Gasteiger partial charge in [-0.2, -0.15) is 9.97 Å². The van der Waals surface area contributed by atoms with Gasteiger partial charge in [0, 0.05) is 0 Å². The third-order valence-corrected chi connectivity index (χ3v) is 0.946. The zero-order valence-corrected chi connectivity index (χ0v) is 5.15. The first-order valence-corrected chi connectivity index (χ1v) is 2.56. The molecule has 5 heteroatoms. The standard InChI is InChI=1S/C4H4ClFN3/c5-4-8-1-2(6)3(7)9-4/h1,5H,(H2,7,8,9)/q+1. The highest BCUT2D eigenvalue weighted by molar-refractivity contribution is 5.26. The second kappa shape index (κ2) is 2.14. The molecule has 1 heterocycles. The maximum Gasteiger partial charge on any atom is 0.419 e. The Morgan fingerprint density at radius 3 is 2.78 bits per heavy atom. The number of rotatable bonds is 0. The lowest BCUT2D eigenvalue weighted by molar-refractivity contribution is -0.304. The van der Waals surface area contributed by atoms with Gasteiger partial charge in [0.25, 0.3) is 0 Å². The van der Waals surface area contributed by atoms with Crippen LogP contribution in [0.5, 0.6) is 0 Å². The van der Waals surface area contributed by atoms with Crippen LogP contribution in [0.2, 0.25) is 5.28 Å². The van der Waals surface area contributed by atoms with E-state index in [9.17, 15) is 4.39 Å². The van der Waals surface area contributed by atoms with E-state index in [0.717, 1.165) is 6.20 Å². The van der Waals surface area contributed by atoms with Crippen LogP contribution >= 0.6 is 0 Å². The van der Waals surface area contributed by atoms with Crippen LogP contribution in [0.1, 0.15) is 0 Å². The fourth-order valence-electron chi connectivity index (χ4n) is 0.363. The van der Waals surface area contributed by atoms with Crippen LogP contribution in [0.15, 0.2) is 6.20 Å². The molecule has 0 saturated carbocycles. The molecule has 0 unspecified atom stereocenters. The van der Waals surface area contributed by atoms with Crippen molar-refractivity contribution in [1.82, 2.24) is 9.97 Å². The van der Waals surface area contributed by atoms with E-state index in [-0.39, 0.29) is 11.1 Å². The van der Waals surface area contributed by atoms with Gasteiger partial charge in [-0.3, -0.25) is 0 Å². The Bertz CT molecular complexity index is 227. The van der Waals surface area contributed by atoms with Gasteiger partial charge >= 0.3 is 5.28 Å². The van der Waals surface area contributed by atoms with E-state index in [2.05, 4.69) is 21.6 Å². The molecule has 0 aliphatic carbocycles. The van der Waals surface area contributed by atoms with Crippen molar-refractivity contribution in [2.75, 3.05) is 5.73 Å². The molecule has 0 bridgehead atoms. The second-order valence-electron chi connectivity index (χ2n) is 1.39. The molecule has 9 heavy (non-hydrogen) atoms. The van der Waals surface area contributed by atoms with Crippen molar-refractivity contribution in [1.29, 1.82) is 0 Å². The first-order valence-electron chi connectivity index (χ1n) is 2.15. The number of halogens is 2. The Balaban J connectivity index is 3.17. The first kappa shape index (κ1) is 6.22. The molecule has 0 aromatic carbocycles. The predicted molar refractivity (Wildman–Crippen MR) is 27.0 cm³/mol. The number of aromatic nitrogens is 2. The van der Waals surface area contributed by atoms with Crippen molar-refractivity contribution in [3.8, 4) is 0 Å². The van der Waals surface area contributed by atoms with Gasteiger partial charge in [-0.1, -0.05) is 0 Å². The molecule has 2 N–H and O–H groups in total. The molecule has 0 fully saturated rings. The third-order valence-electron chi connectivity index (χ3n) is 0.749. The average Bonchev–Trinajstić information content (AvgIpc) is 1.80. The SMILES string of the molecule is Nc1nc([ClH+])ncc1F. The molecule has 0 radical (unpaired) electrons. The Morgan fingerprint density at radius 2 is 2.33 bits per heavy atom. The van der Waals surface area contributed by atoms with Crippen LogP contribution in [-0.2, 0) is 0 Å². The summed E-state index contributed by atoms with van der Waals surface area (Å²) in [5.41, 5.74) is 5.03. The molecule has 48 valence electrons. The second-order valence-corrected chi connectivity index (χ2v) is 1.75. The lowest BCUT2D eigenvalue weighted by atomic mass is 10.6. The minimum atomic E-state index is -0.636. The van der Waals surface area contributed by atoms with Gasteiger partial charge in [-0.25, -0.2) is 4.39 Å². The summed E-state index contributed by atoms with van der Waals surface area (Å²) in [5.74, 6) is -0.835. The Labute approximate surface area is 55.7 Å². The molecular weight excluding hydrogens is 145 g/mol. The van der Waals surface area contributed by atoms with Crippen LogP contribution in [0.25, 0.3) is 0 Å². The molecule has 0 aliphatic rings. The van der Waals surface area contributed by atoms with Gasteiger partial charge < -0.3 is 5.73 Å². The van der Waals surface area contributed by atoms with Gasteiger partial charge in [0.1, 0.15) is 0 Å². The minimum Gasteiger partial charge on any atom is -0.381 e. The van der Waals surface area contributed by atoms with Gasteiger partial charge in [0.05, 0.1) is 6.20 Å². The molecule has 0 spiro atoms. The van der Waals surface area contributed by atoms with Crippen LogP contribution < -0.4 is 5.73 Å². The van der Waals surface area contributed by atoms with E-state index in [0.29, 0.717) is 0 Å². The van der Waals surface area contributed by atoms with Crippen molar-refractivity contribution in [3.63, 3.8) is 0 Å². The van der Waals surface area contributed by atoms with Gasteiger partial charge in [-0.05, 0) is 0 Å². The lowest BCUT2D eigenvalue weighted by Crippen LogP contribution is -1.97.